The molecule has 0 saturated carbocycles. The Labute approximate surface area is 154 Å². The molecule has 0 aliphatic rings. The minimum atomic E-state index is -0.789. The van der Waals surface area contributed by atoms with Crippen molar-refractivity contribution in [1.82, 2.24) is 9.97 Å². The molecule has 6 heteroatoms. The minimum absolute atomic E-state index is 0.237. The summed E-state index contributed by atoms with van der Waals surface area (Å²) in [4.78, 5) is 19.8. The van der Waals surface area contributed by atoms with Crippen molar-refractivity contribution in [2.24, 2.45) is 11.7 Å². The topological polar surface area (TPSA) is 87.3 Å². The fourth-order valence-electron chi connectivity index (χ4n) is 3.05. The zero-order valence-electron chi connectivity index (χ0n) is 16.1. The summed E-state index contributed by atoms with van der Waals surface area (Å²) in [6.07, 6.45) is 1.62. The van der Waals surface area contributed by atoms with Crippen LogP contribution in [0.3, 0.4) is 0 Å². The van der Waals surface area contributed by atoms with Crippen molar-refractivity contribution in [2.45, 2.75) is 46.6 Å². The Bertz CT molecular complexity index is 777. The van der Waals surface area contributed by atoms with Gasteiger partial charge in [-0.25, -0.2) is 14.8 Å². The van der Waals surface area contributed by atoms with Gasteiger partial charge in [0.05, 0.1) is 5.69 Å². The van der Waals surface area contributed by atoms with Crippen molar-refractivity contribution < 1.29 is 14.3 Å². The van der Waals surface area contributed by atoms with Crippen LogP contribution in [-0.2, 0) is 4.74 Å². The fraction of sp³-hybridized carbons (Fsp3) is 0.450. The normalized spacial score (nSPS) is 13.3. The summed E-state index contributed by atoms with van der Waals surface area (Å²) in [5, 5.41) is 0. The molecule has 1 atom stereocenters. The molecule has 2 N–H and O–H groups in total. The predicted molar refractivity (Wildman–Crippen MR) is 101 cm³/mol. The lowest BCUT2D eigenvalue weighted by atomic mass is 9.95. The molecule has 0 spiro atoms. The molecule has 2 aromatic rings. The SMILES string of the molecule is Cc1nccc(-c2ccc(OC[C@](C)(CC(C)C)OC(N)=O)c(C)c2)n1. The van der Waals surface area contributed by atoms with Crippen LogP contribution in [0.25, 0.3) is 11.3 Å². The smallest absolute Gasteiger partial charge is 0.405 e. The molecule has 0 bridgehead atoms. The number of carbonyl (C=O) groups is 1. The van der Waals surface area contributed by atoms with Crippen LogP contribution in [0, 0.1) is 19.8 Å². The van der Waals surface area contributed by atoms with Crippen molar-refractivity contribution in [1.29, 1.82) is 0 Å². The number of carbonyl (C=O) groups excluding carboxylic acids is 1. The van der Waals surface area contributed by atoms with Gasteiger partial charge in [-0.15, -0.1) is 0 Å². The zero-order chi connectivity index (χ0) is 19.3. The van der Waals surface area contributed by atoms with Crippen LogP contribution >= 0.6 is 0 Å². The predicted octanol–water partition coefficient (Wildman–Crippen LogP) is 4.04. The van der Waals surface area contributed by atoms with Gasteiger partial charge in [0.25, 0.3) is 0 Å². The fourth-order valence-corrected chi connectivity index (χ4v) is 3.05. The number of nitrogens with zero attached hydrogens (tertiary/aromatic N) is 2. The Hall–Kier alpha value is -2.63. The van der Waals surface area contributed by atoms with E-state index in [-0.39, 0.29) is 6.61 Å². The Morgan fingerprint density at radius 1 is 1.27 bits per heavy atom. The standard InChI is InChI=1S/C20H27N3O3/c1-13(2)11-20(5,26-19(21)24)12-25-18-7-6-16(10-14(18)3)17-8-9-22-15(4)23-17/h6-10,13H,11-12H2,1-5H3,(H2,21,24)/t20-/m0/s1. The van der Waals surface area contributed by atoms with Crippen LogP contribution in [0.5, 0.6) is 5.75 Å². The van der Waals surface area contributed by atoms with Gasteiger partial charge in [0.15, 0.2) is 0 Å². The number of ether oxygens (including phenoxy) is 2. The van der Waals surface area contributed by atoms with E-state index >= 15 is 0 Å². The molecule has 0 radical (unpaired) electrons. The van der Waals surface area contributed by atoms with Gasteiger partial charge in [-0.1, -0.05) is 13.8 Å². The van der Waals surface area contributed by atoms with Crippen LogP contribution in [0.15, 0.2) is 30.5 Å². The van der Waals surface area contributed by atoms with E-state index in [2.05, 4.69) is 23.8 Å². The number of benzene rings is 1. The Kier molecular flexibility index (Phi) is 6.18. The molecule has 6 nitrogen and oxygen atoms in total. The third kappa shape index (κ3) is 5.44. The second kappa shape index (κ2) is 8.17. The second-order valence-corrected chi connectivity index (χ2v) is 7.23. The summed E-state index contributed by atoms with van der Waals surface area (Å²) in [5.41, 5.74) is 7.30. The van der Waals surface area contributed by atoms with Crippen molar-refractivity contribution in [3.63, 3.8) is 0 Å². The van der Waals surface area contributed by atoms with Crippen molar-refractivity contribution in [2.75, 3.05) is 6.61 Å². The van der Waals surface area contributed by atoms with Gasteiger partial charge in [0.1, 0.15) is 23.8 Å². The molecule has 2 rings (SSSR count). The van der Waals surface area contributed by atoms with Crippen LogP contribution < -0.4 is 10.5 Å². The Morgan fingerprint density at radius 3 is 2.58 bits per heavy atom. The van der Waals surface area contributed by atoms with Gasteiger partial charge in [-0.2, -0.15) is 0 Å². The highest BCUT2D eigenvalue weighted by atomic mass is 16.6. The van der Waals surface area contributed by atoms with E-state index in [0.717, 1.165) is 28.4 Å². The largest absolute Gasteiger partial charge is 0.489 e. The summed E-state index contributed by atoms with van der Waals surface area (Å²) in [6, 6.07) is 7.76. The second-order valence-electron chi connectivity index (χ2n) is 7.23. The van der Waals surface area contributed by atoms with E-state index in [0.29, 0.717) is 12.3 Å². The Balaban J connectivity index is 2.15. The molecular formula is C20H27N3O3. The first-order chi connectivity index (χ1) is 12.2. The molecular weight excluding hydrogens is 330 g/mol. The number of hydrogen-bond donors (Lipinski definition) is 1. The third-order valence-electron chi connectivity index (χ3n) is 3.97. The van der Waals surface area contributed by atoms with Gasteiger partial charge in [-0.3, -0.25) is 0 Å². The summed E-state index contributed by atoms with van der Waals surface area (Å²) in [5.74, 6) is 1.81. The maximum atomic E-state index is 11.2. The van der Waals surface area contributed by atoms with Crippen LogP contribution in [0.4, 0.5) is 4.79 Å². The van der Waals surface area contributed by atoms with E-state index in [4.69, 9.17) is 15.2 Å². The number of hydrogen-bond acceptors (Lipinski definition) is 5. The van der Waals surface area contributed by atoms with Gasteiger partial charge in [0.2, 0.25) is 0 Å². The highest BCUT2D eigenvalue weighted by molar-refractivity contribution is 5.65. The van der Waals surface area contributed by atoms with E-state index in [1.54, 1.807) is 6.20 Å². The first-order valence-electron chi connectivity index (χ1n) is 8.70. The first kappa shape index (κ1) is 19.7. The Morgan fingerprint density at radius 2 is 2.00 bits per heavy atom. The molecule has 1 aromatic carbocycles. The summed E-state index contributed by atoms with van der Waals surface area (Å²) >= 11 is 0. The molecule has 1 amide bonds. The lowest BCUT2D eigenvalue weighted by Gasteiger charge is -2.30. The van der Waals surface area contributed by atoms with E-state index in [9.17, 15) is 4.79 Å². The summed E-state index contributed by atoms with van der Waals surface area (Å²) < 4.78 is 11.3. The molecule has 26 heavy (non-hydrogen) atoms. The van der Waals surface area contributed by atoms with E-state index in [1.807, 2.05) is 45.0 Å². The maximum Gasteiger partial charge on any atom is 0.405 e. The third-order valence-corrected chi connectivity index (χ3v) is 3.97. The number of aryl methyl sites for hydroxylation is 2. The first-order valence-corrected chi connectivity index (χ1v) is 8.70. The van der Waals surface area contributed by atoms with Crippen LogP contribution in [-0.4, -0.2) is 28.3 Å². The summed E-state index contributed by atoms with van der Waals surface area (Å²) in [6.45, 7) is 10.0. The zero-order valence-corrected chi connectivity index (χ0v) is 16.1. The quantitative estimate of drug-likeness (QED) is 0.808. The number of nitrogens with two attached hydrogens (primary N) is 1. The molecule has 140 valence electrons. The highest BCUT2D eigenvalue weighted by Crippen LogP contribution is 2.28. The molecule has 0 aliphatic carbocycles. The van der Waals surface area contributed by atoms with Gasteiger partial charge < -0.3 is 15.2 Å². The van der Waals surface area contributed by atoms with Gasteiger partial charge >= 0.3 is 6.09 Å². The molecule has 0 unspecified atom stereocenters. The van der Waals surface area contributed by atoms with E-state index in [1.165, 1.54) is 0 Å². The molecule has 1 heterocycles. The monoisotopic (exact) mass is 357 g/mol. The number of aromatic nitrogens is 2. The molecule has 0 fully saturated rings. The van der Waals surface area contributed by atoms with Gasteiger partial charge in [-0.05, 0) is 62.9 Å². The molecule has 0 saturated heterocycles. The number of primary amides is 1. The van der Waals surface area contributed by atoms with Gasteiger partial charge in [0, 0.05) is 11.8 Å². The summed E-state index contributed by atoms with van der Waals surface area (Å²) in [7, 11) is 0. The highest BCUT2D eigenvalue weighted by Gasteiger charge is 2.30. The molecule has 0 aliphatic heterocycles. The van der Waals surface area contributed by atoms with Crippen molar-refractivity contribution in [3.8, 4) is 17.0 Å². The number of rotatable bonds is 7. The van der Waals surface area contributed by atoms with Crippen LogP contribution in [0.1, 0.15) is 38.6 Å². The van der Waals surface area contributed by atoms with Crippen molar-refractivity contribution >= 4 is 6.09 Å². The van der Waals surface area contributed by atoms with Crippen molar-refractivity contribution in [3.05, 3.63) is 41.9 Å². The average Bonchev–Trinajstić information content (AvgIpc) is 2.52. The molecule has 1 aromatic heterocycles. The minimum Gasteiger partial charge on any atom is -0.489 e. The average molecular weight is 357 g/mol. The van der Waals surface area contributed by atoms with Crippen LogP contribution in [0.2, 0.25) is 0 Å². The lowest BCUT2D eigenvalue weighted by Crippen LogP contribution is -2.41. The van der Waals surface area contributed by atoms with E-state index < -0.39 is 11.7 Å². The number of amides is 1. The lowest BCUT2D eigenvalue weighted by molar-refractivity contribution is -0.0187. The maximum absolute atomic E-state index is 11.2.